The van der Waals surface area contributed by atoms with Crippen molar-refractivity contribution in [2.45, 2.75) is 6.04 Å². The molecule has 0 aliphatic carbocycles. The van der Waals surface area contributed by atoms with Gasteiger partial charge in [0.2, 0.25) is 5.84 Å². The Kier molecular flexibility index (Phi) is 4.74. The minimum atomic E-state index is -1.30. The van der Waals surface area contributed by atoms with Crippen LogP contribution in [0.5, 0.6) is 17.2 Å². The van der Waals surface area contributed by atoms with E-state index in [1.54, 1.807) is 24.3 Å². The number of hydrogen-bond acceptors (Lipinski definition) is 7. The molecule has 3 rings (SSSR count). The second kappa shape index (κ2) is 7.14. The molecule has 1 aliphatic heterocycles. The molecular formula is C18H16N2O6. The van der Waals surface area contributed by atoms with Crippen molar-refractivity contribution in [3.8, 4) is 17.2 Å². The fourth-order valence-corrected chi connectivity index (χ4v) is 2.74. The van der Waals surface area contributed by atoms with E-state index in [4.69, 9.17) is 4.74 Å². The Morgan fingerprint density at radius 3 is 2.35 bits per heavy atom. The van der Waals surface area contributed by atoms with E-state index in [0.29, 0.717) is 0 Å². The largest absolute Gasteiger partial charge is 0.508 e. The summed E-state index contributed by atoms with van der Waals surface area (Å²) in [5.74, 6) is -2.77. The van der Waals surface area contributed by atoms with Gasteiger partial charge in [-0.2, -0.15) is 0 Å². The molecule has 8 heteroatoms. The van der Waals surface area contributed by atoms with Crippen LogP contribution in [0.2, 0.25) is 0 Å². The van der Waals surface area contributed by atoms with Gasteiger partial charge in [0.25, 0.3) is 0 Å². The first-order valence-electron chi connectivity index (χ1n) is 7.81. The van der Waals surface area contributed by atoms with Crippen LogP contribution in [-0.4, -0.2) is 51.1 Å². The molecule has 0 aromatic heterocycles. The van der Waals surface area contributed by atoms with Crippen molar-refractivity contribution in [2.24, 2.45) is 4.99 Å². The number of benzene rings is 2. The zero-order chi connectivity index (χ0) is 18.7. The molecule has 3 N–H and O–H groups in total. The molecule has 134 valence electrons. The molecule has 0 spiro atoms. The number of amidine groups is 1. The van der Waals surface area contributed by atoms with Crippen LogP contribution >= 0.6 is 0 Å². The van der Waals surface area contributed by atoms with Gasteiger partial charge in [-0.1, -0.05) is 30.3 Å². The average Bonchev–Trinajstić information content (AvgIpc) is 3.08. The molecular weight excluding hydrogens is 340 g/mol. The van der Waals surface area contributed by atoms with Gasteiger partial charge in [0.15, 0.2) is 17.5 Å². The number of phenols is 2. The van der Waals surface area contributed by atoms with E-state index in [0.717, 1.165) is 0 Å². The van der Waals surface area contributed by atoms with Crippen LogP contribution < -0.4 is 4.74 Å². The molecule has 0 saturated carbocycles. The predicted octanol–water partition coefficient (Wildman–Crippen LogP) is 1.54. The number of aliphatic imine (C=N–C) groups is 1. The van der Waals surface area contributed by atoms with E-state index < -0.39 is 18.0 Å². The van der Waals surface area contributed by atoms with Gasteiger partial charge in [-0.05, 0) is 18.2 Å². The van der Waals surface area contributed by atoms with E-state index in [9.17, 15) is 24.9 Å². The summed E-state index contributed by atoms with van der Waals surface area (Å²) in [5.41, 5.74) is 0.143. The number of carbonyl (C=O) groups is 2. The van der Waals surface area contributed by atoms with Gasteiger partial charge in [-0.25, -0.2) is 9.59 Å². The van der Waals surface area contributed by atoms with Gasteiger partial charge >= 0.3 is 11.9 Å². The van der Waals surface area contributed by atoms with Gasteiger partial charge < -0.3 is 25.0 Å². The first-order chi connectivity index (χ1) is 12.5. The first kappa shape index (κ1) is 17.3. The van der Waals surface area contributed by atoms with Crippen molar-refractivity contribution in [1.29, 1.82) is 0 Å². The number of ether oxygens (including phenoxy) is 1. The molecule has 1 atom stereocenters. The van der Waals surface area contributed by atoms with Gasteiger partial charge in [0.05, 0.1) is 6.54 Å². The average molecular weight is 356 g/mol. The smallest absolute Gasteiger partial charge is 0.379 e. The highest BCUT2D eigenvalue weighted by atomic mass is 16.5. The van der Waals surface area contributed by atoms with Crippen LogP contribution in [0.25, 0.3) is 0 Å². The highest BCUT2D eigenvalue weighted by Crippen LogP contribution is 2.31. The van der Waals surface area contributed by atoms with E-state index in [-0.39, 0.29) is 41.7 Å². The quantitative estimate of drug-likeness (QED) is 0.549. The number of nitrogens with zero attached hydrogens (tertiary/aromatic N) is 2. The Labute approximate surface area is 148 Å². The minimum Gasteiger partial charge on any atom is -0.508 e. The van der Waals surface area contributed by atoms with Crippen LogP contribution in [-0.2, 0) is 9.59 Å². The van der Waals surface area contributed by atoms with Gasteiger partial charge in [-0.15, -0.1) is 0 Å². The van der Waals surface area contributed by atoms with E-state index >= 15 is 0 Å². The molecule has 2 aromatic carbocycles. The number of aliphatic carboxylic acids is 1. The van der Waals surface area contributed by atoms with Gasteiger partial charge in [0, 0.05) is 12.1 Å². The lowest BCUT2D eigenvalue weighted by molar-refractivity contribution is -0.142. The van der Waals surface area contributed by atoms with Crippen LogP contribution in [0.4, 0.5) is 0 Å². The monoisotopic (exact) mass is 356 g/mol. The number of esters is 1. The first-order valence-corrected chi connectivity index (χ1v) is 7.81. The summed E-state index contributed by atoms with van der Waals surface area (Å²) in [6, 6.07) is 10.6. The van der Waals surface area contributed by atoms with E-state index in [1.807, 2.05) is 0 Å². The predicted molar refractivity (Wildman–Crippen MR) is 91.2 cm³/mol. The maximum atomic E-state index is 12.5. The topological polar surface area (TPSA) is 120 Å². The fraction of sp³-hybridized carbons (Fsp3) is 0.167. The van der Waals surface area contributed by atoms with Crippen LogP contribution in [0.15, 0.2) is 53.5 Å². The Balaban J connectivity index is 1.88. The molecule has 1 heterocycles. The van der Waals surface area contributed by atoms with Crippen molar-refractivity contribution in [1.82, 2.24) is 4.90 Å². The summed E-state index contributed by atoms with van der Waals surface area (Å²) >= 11 is 0. The third kappa shape index (κ3) is 3.30. The van der Waals surface area contributed by atoms with Crippen LogP contribution in [0.3, 0.4) is 0 Å². The van der Waals surface area contributed by atoms with Crippen molar-refractivity contribution < 1.29 is 29.6 Å². The molecule has 1 aliphatic rings. The van der Waals surface area contributed by atoms with Crippen molar-refractivity contribution >= 4 is 17.8 Å². The second-order valence-corrected chi connectivity index (χ2v) is 5.56. The molecule has 0 amide bonds. The Morgan fingerprint density at radius 2 is 1.69 bits per heavy atom. The number of rotatable bonds is 5. The number of carboxylic acids is 1. The van der Waals surface area contributed by atoms with Crippen LogP contribution in [0.1, 0.15) is 11.6 Å². The molecule has 0 bridgehead atoms. The molecule has 1 unspecified atom stereocenters. The van der Waals surface area contributed by atoms with Crippen molar-refractivity contribution in [3.63, 3.8) is 0 Å². The van der Waals surface area contributed by atoms with Gasteiger partial charge in [-0.3, -0.25) is 4.99 Å². The maximum Gasteiger partial charge on any atom is 0.379 e. The lowest BCUT2D eigenvalue weighted by Crippen LogP contribution is -2.42. The zero-order valence-electron chi connectivity index (χ0n) is 13.6. The summed E-state index contributed by atoms with van der Waals surface area (Å²) in [6.07, 6.45) is 0. The number of para-hydroxylation sites is 3. The highest BCUT2D eigenvalue weighted by molar-refractivity contribution is 6.36. The molecule has 2 aromatic rings. The van der Waals surface area contributed by atoms with E-state index in [2.05, 4.69) is 4.99 Å². The van der Waals surface area contributed by atoms with Crippen molar-refractivity contribution in [3.05, 3.63) is 54.1 Å². The maximum absolute atomic E-state index is 12.5. The third-order valence-corrected chi connectivity index (χ3v) is 3.90. The summed E-state index contributed by atoms with van der Waals surface area (Å²) in [4.78, 5) is 29.6. The Hall–Kier alpha value is -3.55. The Bertz CT molecular complexity index is 879. The minimum absolute atomic E-state index is 0.0542. The number of carbonyl (C=O) groups excluding carboxylic acids is 1. The number of hydrogen-bond donors (Lipinski definition) is 3. The van der Waals surface area contributed by atoms with Crippen LogP contribution in [0, 0.1) is 0 Å². The summed E-state index contributed by atoms with van der Waals surface area (Å²) in [5, 5.41) is 29.4. The molecule has 0 radical (unpaired) electrons. The second-order valence-electron chi connectivity index (χ2n) is 5.56. The molecule has 8 nitrogen and oxygen atoms in total. The SMILES string of the molecule is O=C(Oc1ccccc1O)C1=NCCN1C(C(=O)O)c1ccccc1O. The summed E-state index contributed by atoms with van der Waals surface area (Å²) in [6.45, 7) is 0.388. The third-order valence-electron chi connectivity index (χ3n) is 3.90. The fourth-order valence-electron chi connectivity index (χ4n) is 2.74. The standard InChI is InChI=1S/C18H16N2O6/c21-12-6-2-1-5-11(12)15(17(23)24)20-10-9-19-16(20)18(25)26-14-8-4-3-7-13(14)22/h1-8,15,21-22H,9-10H2,(H,23,24). The Morgan fingerprint density at radius 1 is 1.04 bits per heavy atom. The van der Waals surface area contributed by atoms with E-state index in [1.165, 1.54) is 29.2 Å². The van der Waals surface area contributed by atoms with Gasteiger partial charge in [0.1, 0.15) is 5.75 Å². The normalized spacial score (nSPS) is 14.6. The summed E-state index contributed by atoms with van der Waals surface area (Å²) < 4.78 is 5.14. The zero-order valence-corrected chi connectivity index (χ0v) is 13.6. The number of phenolic OH excluding ortho intramolecular Hbond substituents is 2. The molecule has 0 saturated heterocycles. The number of aromatic hydroxyl groups is 2. The lowest BCUT2D eigenvalue weighted by Gasteiger charge is -2.27. The molecule has 0 fully saturated rings. The number of carboxylic acid groups (broad SMARTS) is 1. The van der Waals surface area contributed by atoms with Crippen molar-refractivity contribution in [2.75, 3.05) is 13.1 Å². The molecule has 26 heavy (non-hydrogen) atoms. The highest BCUT2D eigenvalue weighted by Gasteiger charge is 2.37. The summed E-state index contributed by atoms with van der Waals surface area (Å²) in [7, 11) is 0. The lowest BCUT2D eigenvalue weighted by atomic mass is 10.0.